The van der Waals surface area contributed by atoms with E-state index in [0.29, 0.717) is 11.3 Å². The number of allylic oxidation sites excluding steroid dienone is 5. The van der Waals surface area contributed by atoms with Crippen molar-refractivity contribution in [3.05, 3.63) is 53.8 Å². The number of carbonyl (C=O) groups is 2. The fraction of sp³-hybridized carbons (Fsp3) is 0.360. The smallest absolute Gasteiger partial charge is 0.308 e. The van der Waals surface area contributed by atoms with Gasteiger partial charge in [-0.2, -0.15) is 0 Å². The van der Waals surface area contributed by atoms with E-state index in [-0.39, 0.29) is 11.5 Å². The lowest BCUT2D eigenvalue weighted by molar-refractivity contribution is -0.134. The Bertz CT molecular complexity index is 947. The van der Waals surface area contributed by atoms with Crippen LogP contribution in [0.3, 0.4) is 0 Å². The number of furan rings is 1. The fourth-order valence-electron chi connectivity index (χ4n) is 3.00. The van der Waals surface area contributed by atoms with Crippen LogP contribution in [-0.2, 0) is 9.59 Å². The Balaban J connectivity index is 2.12. The Morgan fingerprint density at radius 2 is 1.50 bits per heavy atom. The van der Waals surface area contributed by atoms with E-state index in [2.05, 4.69) is 39.5 Å². The average molecular weight is 411 g/mol. The van der Waals surface area contributed by atoms with E-state index in [9.17, 15) is 9.59 Å². The summed E-state index contributed by atoms with van der Waals surface area (Å²) in [5.74, 6) is -0.0209. The molecule has 0 aliphatic carbocycles. The highest BCUT2D eigenvalue weighted by Gasteiger charge is 2.16. The largest absolute Gasteiger partial charge is 0.456 e. The maximum absolute atomic E-state index is 11.4. The molecule has 1 aromatic carbocycles. The molecule has 0 atom stereocenters. The van der Waals surface area contributed by atoms with Crippen molar-refractivity contribution in [3.8, 4) is 11.5 Å². The summed E-state index contributed by atoms with van der Waals surface area (Å²) in [5.41, 5.74) is 4.12. The number of carbonyl (C=O) groups excluding carboxylic acids is 2. The number of rotatable bonds is 9. The van der Waals surface area contributed by atoms with Crippen LogP contribution in [0.1, 0.15) is 66.1 Å². The van der Waals surface area contributed by atoms with Crippen LogP contribution in [0, 0.1) is 0 Å². The Kier molecular flexibility index (Phi) is 8.22. The second-order valence-corrected chi connectivity index (χ2v) is 7.65. The van der Waals surface area contributed by atoms with Gasteiger partial charge in [0, 0.05) is 25.3 Å². The van der Waals surface area contributed by atoms with Gasteiger partial charge in [-0.25, -0.2) is 0 Å². The second-order valence-electron chi connectivity index (χ2n) is 7.65. The van der Waals surface area contributed by atoms with Crippen molar-refractivity contribution in [3.63, 3.8) is 0 Å². The van der Waals surface area contributed by atoms with E-state index in [0.717, 1.165) is 36.6 Å². The number of ether oxygens (including phenoxy) is 2. The van der Waals surface area contributed by atoms with Crippen LogP contribution < -0.4 is 9.47 Å². The molecule has 5 nitrogen and oxygen atoms in total. The highest BCUT2D eigenvalue weighted by atomic mass is 16.6. The molecule has 0 aliphatic heterocycles. The first kappa shape index (κ1) is 23.2. The van der Waals surface area contributed by atoms with E-state index >= 15 is 0 Å². The summed E-state index contributed by atoms with van der Waals surface area (Å²) in [6.45, 7) is 13.1. The molecule has 0 unspecified atom stereocenters. The molecule has 160 valence electrons. The zero-order valence-corrected chi connectivity index (χ0v) is 18.5. The summed E-state index contributed by atoms with van der Waals surface area (Å²) in [6, 6.07) is 5.04. The molecule has 0 bridgehead atoms. The van der Waals surface area contributed by atoms with Crippen LogP contribution in [-0.4, -0.2) is 11.9 Å². The van der Waals surface area contributed by atoms with Crippen LogP contribution in [0.4, 0.5) is 0 Å². The monoisotopic (exact) mass is 410 g/mol. The third kappa shape index (κ3) is 7.07. The van der Waals surface area contributed by atoms with Crippen LogP contribution in [0.5, 0.6) is 11.5 Å². The Hall–Kier alpha value is -3.08. The van der Waals surface area contributed by atoms with Gasteiger partial charge in [0.25, 0.3) is 0 Å². The Morgan fingerprint density at radius 1 is 0.900 bits per heavy atom. The molecular formula is C25H30O5. The number of esters is 2. The third-order valence-corrected chi connectivity index (χ3v) is 4.47. The minimum Gasteiger partial charge on any atom is -0.456 e. The molecule has 0 fully saturated rings. The van der Waals surface area contributed by atoms with Crippen molar-refractivity contribution in [1.82, 2.24) is 0 Å². The molecule has 2 rings (SSSR count). The first-order valence-corrected chi connectivity index (χ1v) is 10.1. The van der Waals surface area contributed by atoms with Gasteiger partial charge in [0.2, 0.25) is 0 Å². The number of fused-ring (bicyclic) bond motifs is 1. The lowest BCUT2D eigenvalue weighted by Gasteiger charge is -2.08. The van der Waals surface area contributed by atoms with Crippen LogP contribution in [0.15, 0.2) is 52.5 Å². The van der Waals surface area contributed by atoms with Crippen molar-refractivity contribution < 1.29 is 23.5 Å². The minimum absolute atomic E-state index is 0.145. The van der Waals surface area contributed by atoms with Gasteiger partial charge >= 0.3 is 11.9 Å². The maximum atomic E-state index is 11.4. The van der Waals surface area contributed by atoms with E-state index in [1.54, 1.807) is 12.1 Å². The van der Waals surface area contributed by atoms with Gasteiger partial charge in [-0.05, 0) is 64.2 Å². The lowest BCUT2D eigenvalue weighted by Crippen LogP contribution is -2.06. The quantitative estimate of drug-likeness (QED) is 0.259. The molecule has 5 heteroatoms. The molecule has 0 aliphatic rings. The van der Waals surface area contributed by atoms with Crippen molar-refractivity contribution in [2.24, 2.45) is 0 Å². The molecule has 0 amide bonds. The molecule has 1 heterocycles. The molecule has 2 aromatic rings. The summed E-state index contributed by atoms with van der Waals surface area (Å²) in [5, 5.41) is 0.742. The van der Waals surface area contributed by atoms with Gasteiger partial charge in [-0.15, -0.1) is 0 Å². The first-order chi connectivity index (χ1) is 14.2. The highest BCUT2D eigenvalue weighted by Crippen LogP contribution is 2.36. The van der Waals surface area contributed by atoms with Crippen LogP contribution >= 0.6 is 0 Å². The van der Waals surface area contributed by atoms with E-state index in [1.807, 2.05) is 6.07 Å². The molecular weight excluding hydrogens is 380 g/mol. The van der Waals surface area contributed by atoms with Crippen molar-refractivity contribution in [1.29, 1.82) is 0 Å². The van der Waals surface area contributed by atoms with Gasteiger partial charge in [0.15, 0.2) is 11.5 Å². The van der Waals surface area contributed by atoms with Crippen LogP contribution in [0.2, 0.25) is 0 Å². The van der Waals surface area contributed by atoms with Crippen LogP contribution in [0.25, 0.3) is 16.5 Å². The average Bonchev–Trinajstić information content (AvgIpc) is 3.03. The third-order valence-electron chi connectivity index (χ3n) is 4.47. The molecule has 30 heavy (non-hydrogen) atoms. The minimum atomic E-state index is -0.509. The van der Waals surface area contributed by atoms with Crippen molar-refractivity contribution >= 4 is 28.5 Å². The van der Waals surface area contributed by atoms with Gasteiger partial charge in [0.05, 0.1) is 0 Å². The first-order valence-electron chi connectivity index (χ1n) is 10.1. The second kappa shape index (κ2) is 10.6. The normalized spacial score (nSPS) is 11.3. The highest BCUT2D eigenvalue weighted by molar-refractivity contribution is 5.87. The summed E-state index contributed by atoms with van der Waals surface area (Å²) in [6.07, 6.45) is 8.26. The summed E-state index contributed by atoms with van der Waals surface area (Å²) in [4.78, 5) is 22.7. The Morgan fingerprint density at radius 3 is 2.10 bits per heavy atom. The molecule has 0 saturated heterocycles. The van der Waals surface area contributed by atoms with E-state index in [4.69, 9.17) is 13.9 Å². The molecule has 1 aromatic heterocycles. The van der Waals surface area contributed by atoms with Gasteiger partial charge in [0.1, 0.15) is 11.3 Å². The van der Waals surface area contributed by atoms with Gasteiger partial charge in [-0.3, -0.25) is 9.59 Å². The predicted octanol–water partition coefficient (Wildman–Crippen LogP) is 6.77. The van der Waals surface area contributed by atoms with Crippen molar-refractivity contribution in [2.45, 2.75) is 60.3 Å². The SMILES string of the molecule is C=C(CCC=C(C)CCC=C(C)C)c1cc2cc(OC(C)=O)c(OC(C)=O)cc2o1. The molecule has 0 spiro atoms. The summed E-state index contributed by atoms with van der Waals surface area (Å²) < 4.78 is 16.2. The predicted molar refractivity (Wildman–Crippen MR) is 120 cm³/mol. The topological polar surface area (TPSA) is 65.7 Å². The number of hydrogen-bond acceptors (Lipinski definition) is 5. The number of benzene rings is 1. The summed E-state index contributed by atoms with van der Waals surface area (Å²) >= 11 is 0. The van der Waals surface area contributed by atoms with E-state index < -0.39 is 11.9 Å². The summed E-state index contributed by atoms with van der Waals surface area (Å²) in [7, 11) is 0. The molecule has 0 radical (unpaired) electrons. The van der Waals surface area contributed by atoms with E-state index in [1.165, 1.54) is 25.0 Å². The van der Waals surface area contributed by atoms with Gasteiger partial charge < -0.3 is 13.9 Å². The Labute approximate surface area is 178 Å². The maximum Gasteiger partial charge on any atom is 0.308 e. The zero-order valence-electron chi connectivity index (χ0n) is 18.5. The zero-order chi connectivity index (χ0) is 22.3. The standard InChI is InChI=1S/C25H30O5/c1-16(2)9-7-10-17(3)11-8-12-18(4)22-13-21-14-24(28-19(5)26)25(29-20(6)27)15-23(21)30-22/h9,11,13-15H,4,7-8,10,12H2,1-3,5-6H3. The number of hydrogen-bond donors (Lipinski definition) is 0. The lowest BCUT2D eigenvalue weighted by atomic mass is 10.1. The molecule has 0 saturated carbocycles. The van der Waals surface area contributed by atoms with Crippen molar-refractivity contribution in [2.75, 3.05) is 0 Å². The van der Waals surface area contributed by atoms with Gasteiger partial charge in [-0.1, -0.05) is 29.9 Å². The fourth-order valence-corrected chi connectivity index (χ4v) is 3.00. The molecule has 0 N–H and O–H groups in total.